The van der Waals surface area contributed by atoms with E-state index in [2.05, 4.69) is 16.3 Å². The summed E-state index contributed by atoms with van der Waals surface area (Å²) in [6, 6.07) is 6.20. The molecule has 1 aromatic rings. The second kappa shape index (κ2) is 7.13. The number of halogens is 1. The van der Waals surface area contributed by atoms with Crippen molar-refractivity contribution in [2.24, 2.45) is 0 Å². The molecule has 0 saturated carbocycles. The second-order valence-electron chi connectivity index (χ2n) is 4.90. The van der Waals surface area contributed by atoms with E-state index < -0.39 is 0 Å². The Morgan fingerprint density at radius 2 is 2.05 bits per heavy atom. The summed E-state index contributed by atoms with van der Waals surface area (Å²) >= 11 is 0. The SMILES string of the molecule is Cl.OCC[C@H](c1cccc2c1OCO2)N1CCNCC1. The molecule has 0 aliphatic carbocycles. The second-order valence-corrected chi connectivity index (χ2v) is 4.90. The number of para-hydroxylation sites is 1. The Labute approximate surface area is 125 Å². The molecule has 5 nitrogen and oxygen atoms in total. The highest BCUT2D eigenvalue weighted by Gasteiger charge is 2.27. The first-order valence-corrected chi connectivity index (χ1v) is 6.84. The van der Waals surface area contributed by atoms with E-state index >= 15 is 0 Å². The van der Waals surface area contributed by atoms with Crippen molar-refractivity contribution in [3.63, 3.8) is 0 Å². The molecule has 1 atom stereocenters. The topological polar surface area (TPSA) is 54.0 Å². The maximum absolute atomic E-state index is 9.36. The van der Waals surface area contributed by atoms with E-state index in [9.17, 15) is 5.11 Å². The fourth-order valence-corrected chi connectivity index (χ4v) is 2.87. The number of aliphatic hydroxyl groups is 1. The minimum Gasteiger partial charge on any atom is -0.454 e. The van der Waals surface area contributed by atoms with Gasteiger partial charge in [0.2, 0.25) is 6.79 Å². The van der Waals surface area contributed by atoms with E-state index in [0.717, 1.165) is 49.7 Å². The van der Waals surface area contributed by atoms with Crippen molar-refractivity contribution < 1.29 is 14.6 Å². The van der Waals surface area contributed by atoms with Gasteiger partial charge in [0.15, 0.2) is 11.5 Å². The van der Waals surface area contributed by atoms with Gasteiger partial charge in [-0.15, -0.1) is 12.4 Å². The lowest BCUT2D eigenvalue weighted by Gasteiger charge is -2.35. The number of aliphatic hydroxyl groups excluding tert-OH is 1. The fourth-order valence-electron chi connectivity index (χ4n) is 2.87. The summed E-state index contributed by atoms with van der Waals surface area (Å²) in [7, 11) is 0. The molecule has 0 radical (unpaired) electrons. The molecule has 0 aromatic heterocycles. The Bertz CT molecular complexity index is 438. The normalized spacial score (nSPS) is 19.4. The predicted molar refractivity (Wildman–Crippen MR) is 78.7 cm³/mol. The average molecular weight is 301 g/mol. The molecule has 0 unspecified atom stereocenters. The molecule has 2 N–H and O–H groups in total. The lowest BCUT2D eigenvalue weighted by Crippen LogP contribution is -2.45. The highest BCUT2D eigenvalue weighted by molar-refractivity contribution is 5.85. The van der Waals surface area contributed by atoms with Crippen LogP contribution in [0.1, 0.15) is 18.0 Å². The van der Waals surface area contributed by atoms with Crippen LogP contribution < -0.4 is 14.8 Å². The van der Waals surface area contributed by atoms with Crippen LogP contribution >= 0.6 is 12.4 Å². The molecule has 1 saturated heterocycles. The monoisotopic (exact) mass is 300 g/mol. The molecule has 6 heteroatoms. The van der Waals surface area contributed by atoms with Crippen molar-refractivity contribution in [1.29, 1.82) is 0 Å². The minimum atomic E-state index is 0. The zero-order valence-electron chi connectivity index (χ0n) is 11.4. The largest absolute Gasteiger partial charge is 0.454 e. The molecular weight excluding hydrogens is 280 g/mol. The molecular formula is C14H21ClN2O3. The molecule has 1 aromatic carbocycles. The Balaban J connectivity index is 0.00000147. The fraction of sp³-hybridized carbons (Fsp3) is 0.571. The Kier molecular flexibility index (Phi) is 5.48. The molecule has 2 aliphatic rings. The first-order valence-electron chi connectivity index (χ1n) is 6.84. The highest BCUT2D eigenvalue weighted by Crippen LogP contribution is 2.41. The van der Waals surface area contributed by atoms with Crippen LogP contribution in [0.4, 0.5) is 0 Å². The van der Waals surface area contributed by atoms with Gasteiger partial charge in [-0.05, 0) is 12.5 Å². The van der Waals surface area contributed by atoms with Gasteiger partial charge < -0.3 is 19.9 Å². The van der Waals surface area contributed by atoms with Crippen molar-refractivity contribution in [2.45, 2.75) is 12.5 Å². The van der Waals surface area contributed by atoms with E-state index in [1.165, 1.54) is 0 Å². The Hall–Kier alpha value is -1.01. The van der Waals surface area contributed by atoms with E-state index in [-0.39, 0.29) is 25.1 Å². The van der Waals surface area contributed by atoms with Crippen LogP contribution in [0.3, 0.4) is 0 Å². The van der Waals surface area contributed by atoms with Gasteiger partial charge in [-0.2, -0.15) is 0 Å². The van der Waals surface area contributed by atoms with Crippen molar-refractivity contribution >= 4 is 12.4 Å². The van der Waals surface area contributed by atoms with Crippen LogP contribution in [-0.4, -0.2) is 49.6 Å². The molecule has 3 rings (SSSR count). The summed E-state index contributed by atoms with van der Waals surface area (Å²) in [4.78, 5) is 2.41. The molecule has 20 heavy (non-hydrogen) atoms. The van der Waals surface area contributed by atoms with Gasteiger partial charge in [-0.25, -0.2) is 0 Å². The number of benzene rings is 1. The van der Waals surface area contributed by atoms with Crippen LogP contribution in [0, 0.1) is 0 Å². The third-order valence-electron chi connectivity index (χ3n) is 3.78. The van der Waals surface area contributed by atoms with Crippen LogP contribution in [0.2, 0.25) is 0 Å². The molecule has 0 spiro atoms. The van der Waals surface area contributed by atoms with Crippen LogP contribution in [0.25, 0.3) is 0 Å². The molecule has 2 heterocycles. The highest BCUT2D eigenvalue weighted by atomic mass is 35.5. The van der Waals surface area contributed by atoms with E-state index in [1.807, 2.05) is 12.1 Å². The summed E-state index contributed by atoms with van der Waals surface area (Å²) in [5, 5.41) is 12.7. The number of rotatable bonds is 4. The van der Waals surface area contributed by atoms with Crippen molar-refractivity contribution in [2.75, 3.05) is 39.6 Å². The minimum absolute atomic E-state index is 0. The first kappa shape index (κ1) is 15.4. The standard InChI is InChI=1S/C14H20N2O3.ClH/c17-9-4-12(16-7-5-15-6-8-16)11-2-1-3-13-14(11)19-10-18-13;/h1-3,12,15,17H,4-10H2;1H/t12-;/m1./s1. The zero-order valence-corrected chi connectivity index (χ0v) is 12.2. The van der Waals surface area contributed by atoms with Crippen LogP contribution in [0.15, 0.2) is 18.2 Å². The molecule has 0 bridgehead atoms. The lowest BCUT2D eigenvalue weighted by atomic mass is 10.00. The van der Waals surface area contributed by atoms with Gasteiger partial charge >= 0.3 is 0 Å². The third kappa shape index (κ3) is 3.01. The number of hydrogen-bond donors (Lipinski definition) is 2. The smallest absolute Gasteiger partial charge is 0.231 e. The average Bonchev–Trinajstić information content (AvgIpc) is 2.94. The summed E-state index contributed by atoms with van der Waals surface area (Å²) in [6.45, 7) is 4.45. The summed E-state index contributed by atoms with van der Waals surface area (Å²) < 4.78 is 11.0. The molecule has 112 valence electrons. The summed E-state index contributed by atoms with van der Waals surface area (Å²) in [5.41, 5.74) is 1.13. The maximum Gasteiger partial charge on any atom is 0.231 e. The van der Waals surface area contributed by atoms with Gasteiger partial charge in [0.05, 0.1) is 0 Å². The summed E-state index contributed by atoms with van der Waals surface area (Å²) in [6.07, 6.45) is 0.722. The number of hydrogen-bond acceptors (Lipinski definition) is 5. The van der Waals surface area contributed by atoms with Crippen LogP contribution in [0.5, 0.6) is 11.5 Å². The molecule has 2 aliphatic heterocycles. The van der Waals surface area contributed by atoms with E-state index in [0.29, 0.717) is 6.79 Å². The quantitative estimate of drug-likeness (QED) is 0.874. The van der Waals surface area contributed by atoms with Gasteiger partial charge in [0, 0.05) is 44.4 Å². The number of ether oxygens (including phenoxy) is 2. The van der Waals surface area contributed by atoms with Crippen molar-refractivity contribution in [3.05, 3.63) is 23.8 Å². The predicted octanol–water partition coefficient (Wildman–Crippen LogP) is 1.17. The van der Waals surface area contributed by atoms with E-state index in [1.54, 1.807) is 0 Å². The van der Waals surface area contributed by atoms with Crippen LogP contribution in [-0.2, 0) is 0 Å². The van der Waals surface area contributed by atoms with Gasteiger partial charge in [0.25, 0.3) is 0 Å². The molecule has 0 amide bonds. The Morgan fingerprint density at radius 3 is 2.80 bits per heavy atom. The van der Waals surface area contributed by atoms with Gasteiger partial charge in [-0.1, -0.05) is 12.1 Å². The zero-order chi connectivity index (χ0) is 13.1. The number of fused-ring (bicyclic) bond motifs is 1. The van der Waals surface area contributed by atoms with Gasteiger partial charge in [-0.3, -0.25) is 4.90 Å². The van der Waals surface area contributed by atoms with Gasteiger partial charge in [0.1, 0.15) is 0 Å². The third-order valence-corrected chi connectivity index (χ3v) is 3.78. The van der Waals surface area contributed by atoms with Crippen molar-refractivity contribution in [1.82, 2.24) is 10.2 Å². The van der Waals surface area contributed by atoms with Crippen molar-refractivity contribution in [3.8, 4) is 11.5 Å². The number of nitrogens with one attached hydrogen (secondary N) is 1. The number of nitrogens with zero attached hydrogens (tertiary/aromatic N) is 1. The maximum atomic E-state index is 9.36. The number of piperazine rings is 1. The Morgan fingerprint density at radius 1 is 1.25 bits per heavy atom. The van der Waals surface area contributed by atoms with E-state index in [4.69, 9.17) is 9.47 Å². The summed E-state index contributed by atoms with van der Waals surface area (Å²) in [5.74, 6) is 1.66. The molecule has 1 fully saturated rings. The lowest BCUT2D eigenvalue weighted by molar-refractivity contribution is 0.135. The first-order chi connectivity index (χ1) is 9.40.